The first-order chi connectivity index (χ1) is 46.3. The summed E-state index contributed by atoms with van der Waals surface area (Å²) in [6, 6.07) is 113. The van der Waals surface area contributed by atoms with E-state index >= 15 is 0 Å². The van der Waals surface area contributed by atoms with E-state index in [1.165, 1.54) is 133 Å². The minimum absolute atomic E-state index is 0.176. The van der Waals surface area contributed by atoms with Crippen LogP contribution in [0.3, 0.4) is 0 Å². The number of benzene rings is 14. The molecule has 14 aromatic rings. The van der Waals surface area contributed by atoms with E-state index in [1.54, 1.807) is 0 Å². The standard InChI is InChI=1S/C93H72N2/c1-91(2)83-53-61(37-39-63-43-49-79-81-51-45-73(59-87(81)92(3,4)85(79)55-63)94(89-35-19-27-67-25-13-15-33-75(67)89)71-31-17-29-69(57-71)65-21-9-7-10-22-65)41-47-77(83)78-48-42-62(54-84(78)91)38-40-64-44-50-80-82-52-46-74(60-88(82)93(5,6)86(80)56-64)95(90-36-20-28-68-26-14-16-34-76(68)90)72-32-18-30-70(58-72)66-23-11-8-12-24-66/h7-60H,1-6H3/b39-37+,40-38+. The van der Waals surface area contributed by atoms with E-state index in [2.05, 4.69) is 379 Å². The predicted octanol–water partition coefficient (Wildman–Crippen LogP) is 25.5. The van der Waals surface area contributed by atoms with Crippen LogP contribution in [0.1, 0.15) is 97.2 Å². The molecule has 0 bridgehead atoms. The zero-order chi connectivity index (χ0) is 64.2. The van der Waals surface area contributed by atoms with Crippen LogP contribution in [0.4, 0.5) is 34.1 Å². The molecule has 0 atom stereocenters. The summed E-state index contributed by atoms with van der Waals surface area (Å²) < 4.78 is 0. The van der Waals surface area contributed by atoms with Gasteiger partial charge in [-0.2, -0.15) is 0 Å². The summed E-state index contributed by atoms with van der Waals surface area (Å²) in [5.41, 5.74) is 31.8. The van der Waals surface area contributed by atoms with Crippen LogP contribution in [0, 0.1) is 0 Å². The molecule has 2 nitrogen and oxygen atoms in total. The van der Waals surface area contributed by atoms with Gasteiger partial charge in [0.2, 0.25) is 0 Å². The molecular formula is C93H72N2. The maximum absolute atomic E-state index is 2.45. The maximum atomic E-state index is 2.45. The van der Waals surface area contributed by atoms with Crippen molar-refractivity contribution in [2.24, 2.45) is 0 Å². The van der Waals surface area contributed by atoms with E-state index in [0.717, 1.165) is 34.1 Å². The van der Waals surface area contributed by atoms with Crippen LogP contribution in [0.15, 0.2) is 303 Å². The van der Waals surface area contributed by atoms with Crippen LogP contribution < -0.4 is 9.80 Å². The molecule has 0 radical (unpaired) electrons. The van der Waals surface area contributed by atoms with Crippen molar-refractivity contribution in [3.05, 3.63) is 359 Å². The van der Waals surface area contributed by atoms with E-state index < -0.39 is 0 Å². The molecule has 0 fully saturated rings. The lowest BCUT2D eigenvalue weighted by Gasteiger charge is -2.29. The van der Waals surface area contributed by atoms with Gasteiger partial charge in [0.15, 0.2) is 0 Å². The Balaban J connectivity index is 0.621. The Kier molecular flexibility index (Phi) is 13.6. The van der Waals surface area contributed by atoms with Crippen LogP contribution in [0.25, 0.3) is 101 Å². The number of nitrogens with zero attached hydrogens (tertiary/aromatic N) is 2. The first-order valence-corrected chi connectivity index (χ1v) is 33.4. The third-order valence-corrected chi connectivity index (χ3v) is 21.0. The Labute approximate surface area is 558 Å². The molecule has 17 rings (SSSR count). The van der Waals surface area contributed by atoms with Crippen molar-refractivity contribution in [2.75, 3.05) is 9.80 Å². The average Bonchev–Trinajstić information content (AvgIpc) is 1.61. The lowest BCUT2D eigenvalue weighted by atomic mass is 9.81. The molecule has 454 valence electrons. The fourth-order valence-corrected chi connectivity index (χ4v) is 15.9. The number of anilines is 6. The van der Waals surface area contributed by atoms with E-state index in [4.69, 9.17) is 0 Å². The molecule has 0 heterocycles. The summed E-state index contributed by atoms with van der Waals surface area (Å²) in [7, 11) is 0. The van der Waals surface area contributed by atoms with Gasteiger partial charge in [-0.15, -0.1) is 0 Å². The molecule has 0 aromatic heterocycles. The SMILES string of the molecule is CC1(C)c2cc(/C=C/c3ccc4c(c3)C(C)(C)c3cc(N(c5cccc(-c6ccccc6)c5)c5cccc6ccccc56)ccc3-4)ccc2-c2ccc(/C=C/c3ccc4c(c3)C(C)(C)c3cc(N(c5cccc(-c6ccccc6)c5)c5cccc6ccccc56)ccc3-4)cc21. The highest BCUT2D eigenvalue weighted by Gasteiger charge is 2.39. The van der Waals surface area contributed by atoms with Gasteiger partial charge in [0, 0.05) is 49.8 Å². The molecule has 0 spiro atoms. The second-order valence-electron chi connectivity index (χ2n) is 27.7. The monoisotopic (exact) mass is 1220 g/mol. The molecule has 0 saturated heterocycles. The van der Waals surface area contributed by atoms with Crippen molar-refractivity contribution >= 4 is 80.0 Å². The smallest absolute Gasteiger partial charge is 0.0540 e. The first-order valence-electron chi connectivity index (χ1n) is 33.4. The number of rotatable bonds is 12. The molecule has 0 saturated carbocycles. The van der Waals surface area contributed by atoms with Gasteiger partial charge in [0.05, 0.1) is 11.4 Å². The van der Waals surface area contributed by atoms with Crippen molar-refractivity contribution < 1.29 is 0 Å². The van der Waals surface area contributed by atoms with Gasteiger partial charge in [-0.3, -0.25) is 0 Å². The van der Waals surface area contributed by atoms with Gasteiger partial charge in [0.1, 0.15) is 0 Å². The summed E-state index contributed by atoms with van der Waals surface area (Å²) in [4.78, 5) is 4.90. The summed E-state index contributed by atoms with van der Waals surface area (Å²) in [6.45, 7) is 14.4. The third kappa shape index (κ3) is 9.77. The lowest BCUT2D eigenvalue weighted by molar-refractivity contribution is 0.660. The number of hydrogen-bond donors (Lipinski definition) is 0. The average molecular weight is 1220 g/mol. The Hall–Kier alpha value is -11.3. The quantitative estimate of drug-likeness (QED) is 0.113. The molecule has 0 unspecified atom stereocenters. The maximum Gasteiger partial charge on any atom is 0.0540 e. The Morgan fingerprint density at radius 1 is 0.221 bits per heavy atom. The van der Waals surface area contributed by atoms with Crippen molar-refractivity contribution in [3.63, 3.8) is 0 Å². The van der Waals surface area contributed by atoms with Crippen LogP contribution in [0.5, 0.6) is 0 Å². The normalized spacial score (nSPS) is 14.2. The van der Waals surface area contributed by atoms with E-state index in [0.29, 0.717) is 0 Å². The zero-order valence-corrected chi connectivity index (χ0v) is 54.6. The molecular weight excluding hydrogens is 1150 g/mol. The van der Waals surface area contributed by atoms with Crippen LogP contribution in [0.2, 0.25) is 0 Å². The minimum atomic E-state index is -0.227. The Morgan fingerprint density at radius 2 is 0.495 bits per heavy atom. The minimum Gasteiger partial charge on any atom is -0.310 e. The predicted molar refractivity (Wildman–Crippen MR) is 405 cm³/mol. The van der Waals surface area contributed by atoms with Crippen LogP contribution in [-0.4, -0.2) is 0 Å². The highest BCUT2D eigenvalue weighted by atomic mass is 15.1. The van der Waals surface area contributed by atoms with Crippen LogP contribution in [-0.2, 0) is 16.2 Å². The van der Waals surface area contributed by atoms with Gasteiger partial charge in [0.25, 0.3) is 0 Å². The van der Waals surface area contributed by atoms with Gasteiger partial charge in [-0.1, -0.05) is 309 Å². The molecule has 3 aliphatic carbocycles. The largest absolute Gasteiger partial charge is 0.310 e. The summed E-state index contributed by atoms with van der Waals surface area (Å²) in [6.07, 6.45) is 9.21. The first kappa shape index (κ1) is 57.6. The summed E-state index contributed by atoms with van der Waals surface area (Å²) >= 11 is 0. The Morgan fingerprint density at radius 3 is 0.853 bits per heavy atom. The molecule has 95 heavy (non-hydrogen) atoms. The number of hydrogen-bond acceptors (Lipinski definition) is 2. The lowest BCUT2D eigenvalue weighted by Crippen LogP contribution is -2.17. The summed E-state index contributed by atoms with van der Waals surface area (Å²) in [5, 5.41) is 4.88. The fraction of sp³-hybridized carbons (Fsp3) is 0.0968. The van der Waals surface area contributed by atoms with Crippen LogP contribution >= 0.6 is 0 Å². The van der Waals surface area contributed by atoms with E-state index in [9.17, 15) is 0 Å². The topological polar surface area (TPSA) is 6.48 Å². The van der Waals surface area contributed by atoms with Crippen molar-refractivity contribution in [1.82, 2.24) is 0 Å². The van der Waals surface area contributed by atoms with Gasteiger partial charge >= 0.3 is 0 Å². The van der Waals surface area contributed by atoms with Crippen molar-refractivity contribution in [1.29, 1.82) is 0 Å². The van der Waals surface area contributed by atoms with Crippen molar-refractivity contribution in [2.45, 2.75) is 57.8 Å². The fourth-order valence-electron chi connectivity index (χ4n) is 15.9. The van der Waals surface area contributed by atoms with Gasteiger partial charge in [-0.05, 0) is 183 Å². The molecule has 0 amide bonds. The molecule has 0 N–H and O–H groups in total. The third-order valence-electron chi connectivity index (χ3n) is 21.0. The number of fused-ring (bicyclic) bond motifs is 11. The molecule has 3 aliphatic rings. The highest BCUT2D eigenvalue weighted by molar-refractivity contribution is 6.02. The summed E-state index contributed by atoms with van der Waals surface area (Å²) in [5.74, 6) is 0. The van der Waals surface area contributed by atoms with Gasteiger partial charge in [-0.25, -0.2) is 0 Å². The molecule has 0 aliphatic heterocycles. The zero-order valence-electron chi connectivity index (χ0n) is 54.6. The van der Waals surface area contributed by atoms with Gasteiger partial charge < -0.3 is 9.80 Å². The molecule has 14 aromatic carbocycles. The molecule has 2 heteroatoms. The van der Waals surface area contributed by atoms with E-state index in [1.807, 2.05) is 0 Å². The Bertz CT molecular complexity index is 5120. The second-order valence-corrected chi connectivity index (χ2v) is 27.7. The second kappa shape index (κ2) is 22.5. The van der Waals surface area contributed by atoms with E-state index in [-0.39, 0.29) is 16.2 Å². The van der Waals surface area contributed by atoms with Crippen molar-refractivity contribution in [3.8, 4) is 55.6 Å². The highest BCUT2D eigenvalue weighted by Crippen LogP contribution is 2.55.